The van der Waals surface area contributed by atoms with E-state index in [1.54, 1.807) is 30.5 Å². The highest BCUT2D eigenvalue weighted by atomic mass is 16.5. The maximum Gasteiger partial charge on any atom is 0.255 e. The van der Waals surface area contributed by atoms with Crippen molar-refractivity contribution in [3.8, 4) is 17.2 Å². The van der Waals surface area contributed by atoms with E-state index in [-0.39, 0.29) is 5.91 Å². The van der Waals surface area contributed by atoms with Crippen LogP contribution in [0, 0.1) is 0 Å². The van der Waals surface area contributed by atoms with Crippen LogP contribution < -0.4 is 19.5 Å². The number of carbonyl (C=O) groups is 1. The Morgan fingerprint density at radius 3 is 2.27 bits per heavy atom. The van der Waals surface area contributed by atoms with Gasteiger partial charge in [-0.05, 0) is 60.2 Å². The Bertz CT molecular complexity index is 1470. The maximum atomic E-state index is 12.8. The molecule has 0 saturated heterocycles. The second kappa shape index (κ2) is 11.7. The first-order valence-corrected chi connectivity index (χ1v) is 12.0. The van der Waals surface area contributed by atoms with Crippen LogP contribution >= 0.6 is 0 Å². The highest BCUT2D eigenvalue weighted by Gasteiger charge is 2.10. The first kappa shape index (κ1) is 23.9. The molecule has 1 amide bonds. The van der Waals surface area contributed by atoms with Crippen molar-refractivity contribution in [1.29, 1.82) is 0 Å². The predicted octanol–water partition coefficient (Wildman–Crippen LogP) is 6.52. The number of hydrogen-bond acceptors (Lipinski definition) is 5. The summed E-state index contributed by atoms with van der Waals surface area (Å²) in [7, 11) is 0. The molecule has 0 aliphatic heterocycles. The normalized spacial score (nSPS) is 10.6. The molecule has 5 aromatic rings. The number of rotatable bonds is 10. The molecule has 6 heteroatoms. The lowest BCUT2D eigenvalue weighted by molar-refractivity contribution is 0.102. The highest BCUT2D eigenvalue weighted by Crippen LogP contribution is 2.26. The quantitative estimate of drug-likeness (QED) is 0.226. The SMILES string of the molecule is O=C(Nc1ccccc1OCc1ccccc1)c1ccc(OCCOc2ccc3cccnc3c2)cc1. The number of para-hydroxylation sites is 2. The van der Waals surface area contributed by atoms with Crippen LogP contribution in [-0.2, 0) is 6.61 Å². The van der Waals surface area contributed by atoms with Gasteiger partial charge in [0.05, 0.1) is 11.2 Å². The molecule has 1 aromatic heterocycles. The van der Waals surface area contributed by atoms with Crippen LogP contribution in [0.15, 0.2) is 115 Å². The number of hydrogen-bond donors (Lipinski definition) is 1. The number of fused-ring (bicyclic) bond motifs is 1. The number of nitrogens with zero attached hydrogens (tertiary/aromatic N) is 1. The zero-order valence-electron chi connectivity index (χ0n) is 20.2. The van der Waals surface area contributed by atoms with Crippen molar-refractivity contribution in [1.82, 2.24) is 4.98 Å². The summed E-state index contributed by atoms with van der Waals surface area (Å²) in [5.74, 6) is 1.79. The van der Waals surface area contributed by atoms with Crippen LogP contribution in [0.3, 0.4) is 0 Å². The molecule has 0 radical (unpaired) electrons. The number of pyridine rings is 1. The summed E-state index contributed by atoms with van der Waals surface area (Å²) in [6.07, 6.45) is 1.76. The number of carbonyl (C=O) groups excluding carboxylic acids is 1. The van der Waals surface area contributed by atoms with E-state index >= 15 is 0 Å². The third kappa shape index (κ3) is 6.44. The van der Waals surface area contributed by atoms with Gasteiger partial charge in [-0.3, -0.25) is 9.78 Å². The van der Waals surface area contributed by atoms with E-state index in [2.05, 4.69) is 10.3 Å². The topological polar surface area (TPSA) is 69.7 Å². The molecule has 0 fully saturated rings. The third-order valence-corrected chi connectivity index (χ3v) is 5.69. The molecule has 184 valence electrons. The van der Waals surface area contributed by atoms with Gasteiger partial charge in [-0.1, -0.05) is 48.5 Å². The molecule has 0 spiro atoms. The van der Waals surface area contributed by atoms with E-state index in [1.165, 1.54) is 0 Å². The predicted molar refractivity (Wildman–Crippen MR) is 144 cm³/mol. The zero-order valence-corrected chi connectivity index (χ0v) is 20.2. The fourth-order valence-electron chi connectivity index (χ4n) is 3.78. The first-order chi connectivity index (χ1) is 18.2. The molecule has 1 heterocycles. The van der Waals surface area contributed by atoms with Crippen LogP contribution in [0.25, 0.3) is 10.9 Å². The molecular weight excluding hydrogens is 464 g/mol. The van der Waals surface area contributed by atoms with Crippen LogP contribution in [0.1, 0.15) is 15.9 Å². The lowest BCUT2D eigenvalue weighted by Crippen LogP contribution is -2.13. The average Bonchev–Trinajstić information content (AvgIpc) is 2.95. The molecular formula is C31H26N2O4. The van der Waals surface area contributed by atoms with Gasteiger partial charge in [-0.25, -0.2) is 0 Å². The molecule has 0 bridgehead atoms. The summed E-state index contributed by atoms with van der Waals surface area (Å²) < 4.78 is 17.5. The smallest absolute Gasteiger partial charge is 0.255 e. The molecule has 0 aliphatic carbocycles. The van der Waals surface area contributed by atoms with Crippen molar-refractivity contribution in [2.24, 2.45) is 0 Å². The molecule has 5 rings (SSSR count). The molecule has 0 unspecified atom stereocenters. The van der Waals surface area contributed by atoms with Gasteiger partial charge >= 0.3 is 0 Å². The Kier molecular flexibility index (Phi) is 7.57. The molecule has 4 aromatic carbocycles. The van der Waals surface area contributed by atoms with Crippen molar-refractivity contribution in [2.75, 3.05) is 18.5 Å². The van der Waals surface area contributed by atoms with Crippen molar-refractivity contribution >= 4 is 22.5 Å². The van der Waals surface area contributed by atoms with Gasteiger partial charge in [0, 0.05) is 23.2 Å². The van der Waals surface area contributed by atoms with Crippen molar-refractivity contribution in [3.63, 3.8) is 0 Å². The molecule has 1 N–H and O–H groups in total. The Morgan fingerprint density at radius 1 is 0.703 bits per heavy atom. The number of ether oxygens (including phenoxy) is 3. The largest absolute Gasteiger partial charge is 0.490 e. The number of benzene rings is 4. The first-order valence-electron chi connectivity index (χ1n) is 12.0. The number of aromatic nitrogens is 1. The molecule has 6 nitrogen and oxygen atoms in total. The Morgan fingerprint density at radius 2 is 1.43 bits per heavy atom. The van der Waals surface area contributed by atoms with E-state index < -0.39 is 0 Å². The third-order valence-electron chi connectivity index (χ3n) is 5.69. The second-order valence-electron chi connectivity index (χ2n) is 8.30. The minimum absolute atomic E-state index is 0.226. The summed E-state index contributed by atoms with van der Waals surface area (Å²) in [5, 5.41) is 4.00. The lowest BCUT2D eigenvalue weighted by Gasteiger charge is -2.13. The van der Waals surface area contributed by atoms with Gasteiger partial charge in [0.1, 0.15) is 37.1 Å². The van der Waals surface area contributed by atoms with Gasteiger partial charge < -0.3 is 19.5 Å². The zero-order chi connectivity index (χ0) is 25.3. The second-order valence-corrected chi connectivity index (χ2v) is 8.30. The summed E-state index contributed by atoms with van der Waals surface area (Å²) in [4.78, 5) is 17.2. The fourth-order valence-corrected chi connectivity index (χ4v) is 3.78. The Hall–Kier alpha value is -4.84. The van der Waals surface area contributed by atoms with Gasteiger partial charge in [-0.2, -0.15) is 0 Å². The lowest BCUT2D eigenvalue weighted by atomic mass is 10.2. The molecule has 0 aliphatic rings. The summed E-state index contributed by atoms with van der Waals surface area (Å²) in [6.45, 7) is 1.18. The number of amides is 1. The molecule has 0 saturated carbocycles. The van der Waals surface area contributed by atoms with Crippen molar-refractivity contribution in [3.05, 3.63) is 127 Å². The van der Waals surface area contributed by atoms with Crippen LogP contribution in [0.2, 0.25) is 0 Å². The van der Waals surface area contributed by atoms with Crippen molar-refractivity contribution in [2.45, 2.75) is 6.61 Å². The van der Waals surface area contributed by atoms with E-state index in [0.29, 0.717) is 42.6 Å². The molecule has 0 atom stereocenters. The van der Waals surface area contributed by atoms with E-state index in [9.17, 15) is 4.79 Å². The minimum Gasteiger partial charge on any atom is -0.490 e. The van der Waals surface area contributed by atoms with E-state index in [4.69, 9.17) is 14.2 Å². The summed E-state index contributed by atoms with van der Waals surface area (Å²) >= 11 is 0. The van der Waals surface area contributed by atoms with E-state index in [0.717, 1.165) is 22.2 Å². The highest BCUT2D eigenvalue weighted by molar-refractivity contribution is 6.05. The minimum atomic E-state index is -0.226. The van der Waals surface area contributed by atoms with Gasteiger partial charge in [0.15, 0.2) is 0 Å². The Labute approximate surface area is 215 Å². The van der Waals surface area contributed by atoms with Gasteiger partial charge in [0.25, 0.3) is 5.91 Å². The standard InChI is InChI=1S/C31H26N2O4/c34-31(33-28-10-4-5-11-30(28)37-22-23-7-2-1-3-8-23)25-13-15-26(16-14-25)35-19-20-36-27-17-12-24-9-6-18-32-29(24)21-27/h1-18,21H,19-20,22H2,(H,33,34). The Balaban J connectivity index is 1.11. The fraction of sp³-hybridized carbons (Fsp3) is 0.0968. The molecule has 37 heavy (non-hydrogen) atoms. The van der Waals surface area contributed by atoms with Gasteiger partial charge in [-0.15, -0.1) is 0 Å². The maximum absolute atomic E-state index is 12.8. The summed E-state index contributed by atoms with van der Waals surface area (Å²) in [5.41, 5.74) is 3.08. The van der Waals surface area contributed by atoms with Crippen molar-refractivity contribution < 1.29 is 19.0 Å². The van der Waals surface area contributed by atoms with Crippen LogP contribution in [0.4, 0.5) is 5.69 Å². The van der Waals surface area contributed by atoms with Crippen LogP contribution in [-0.4, -0.2) is 24.1 Å². The number of anilines is 1. The average molecular weight is 491 g/mol. The summed E-state index contributed by atoms with van der Waals surface area (Å²) in [6, 6.07) is 34.0. The number of nitrogens with one attached hydrogen (secondary N) is 1. The van der Waals surface area contributed by atoms with E-state index in [1.807, 2.05) is 84.9 Å². The van der Waals surface area contributed by atoms with Crippen LogP contribution in [0.5, 0.6) is 17.2 Å². The monoisotopic (exact) mass is 490 g/mol. The van der Waals surface area contributed by atoms with Gasteiger partial charge in [0.2, 0.25) is 0 Å².